The molecule has 1 aliphatic rings. The van der Waals surface area contributed by atoms with E-state index >= 15 is 0 Å². The number of amides is 1. The molecule has 1 aromatic heterocycles. The minimum absolute atomic E-state index is 0.00590. The van der Waals surface area contributed by atoms with E-state index in [0.717, 1.165) is 28.1 Å². The summed E-state index contributed by atoms with van der Waals surface area (Å²) in [4.78, 5) is 15.2. The van der Waals surface area contributed by atoms with Crippen molar-refractivity contribution in [1.29, 1.82) is 0 Å². The lowest BCUT2D eigenvalue weighted by Gasteiger charge is -2.28. The molecule has 0 fully saturated rings. The van der Waals surface area contributed by atoms with Gasteiger partial charge < -0.3 is 9.64 Å². The van der Waals surface area contributed by atoms with E-state index < -0.39 is 0 Å². The van der Waals surface area contributed by atoms with Gasteiger partial charge in [-0.05, 0) is 37.5 Å². The molecule has 0 saturated carbocycles. The van der Waals surface area contributed by atoms with E-state index in [0.29, 0.717) is 24.8 Å². The highest BCUT2D eigenvalue weighted by molar-refractivity contribution is 6.00. The fraction of sp³-hybridized carbons (Fsp3) is 0.333. The van der Waals surface area contributed by atoms with E-state index in [1.54, 1.807) is 0 Å². The summed E-state index contributed by atoms with van der Waals surface area (Å²) in [5, 5.41) is 7.55. The Labute approximate surface area is 171 Å². The zero-order valence-electron chi connectivity index (χ0n) is 17.4. The van der Waals surface area contributed by atoms with Gasteiger partial charge in [-0.15, -0.1) is 0 Å². The topological polar surface area (TPSA) is 58.2 Å². The van der Waals surface area contributed by atoms with E-state index in [1.807, 2.05) is 30.0 Å². The van der Waals surface area contributed by atoms with Crippen LogP contribution in [-0.4, -0.2) is 34.2 Å². The van der Waals surface area contributed by atoms with Crippen LogP contribution in [0.4, 0.5) is 0 Å². The highest BCUT2D eigenvalue weighted by Gasteiger charge is 2.42. The van der Waals surface area contributed by atoms with Crippen molar-refractivity contribution in [2.75, 3.05) is 13.2 Å². The highest BCUT2D eigenvalue weighted by Crippen LogP contribution is 2.43. The number of nitrogens with zero attached hydrogens (tertiary/aromatic N) is 2. The predicted molar refractivity (Wildman–Crippen MR) is 114 cm³/mol. The number of fused-ring (bicyclic) bond motifs is 1. The number of hydrogen-bond acceptors (Lipinski definition) is 3. The third-order valence-electron chi connectivity index (χ3n) is 5.24. The van der Waals surface area contributed by atoms with Gasteiger partial charge in [-0.1, -0.05) is 55.8 Å². The van der Waals surface area contributed by atoms with Crippen LogP contribution in [0, 0.1) is 12.8 Å². The van der Waals surface area contributed by atoms with Gasteiger partial charge in [0.1, 0.15) is 11.4 Å². The number of carbonyl (C=O) groups excluding carboxylic acids is 1. The summed E-state index contributed by atoms with van der Waals surface area (Å²) in [6.45, 7) is 9.58. The van der Waals surface area contributed by atoms with E-state index in [-0.39, 0.29) is 11.9 Å². The number of carbonyl (C=O) groups is 1. The molecule has 3 aromatic rings. The molecule has 4 rings (SSSR count). The number of rotatable bonds is 6. The lowest BCUT2D eigenvalue weighted by molar-refractivity contribution is 0.0722. The molecule has 1 N–H and O–H groups in total. The first-order valence-corrected chi connectivity index (χ1v) is 10.2. The van der Waals surface area contributed by atoms with E-state index in [1.165, 1.54) is 5.56 Å². The standard InChI is InChI=1S/C24H27N3O2/c1-5-29-19-8-6-7-18(13-19)23-20-21(17-11-9-16(4)10-12-17)25-26-22(20)24(28)27(23)14-15(2)3/h6-13,15,23H,5,14H2,1-4H3,(H,25,26). The van der Waals surface area contributed by atoms with Gasteiger partial charge in [0.05, 0.1) is 18.3 Å². The Kier molecular flexibility index (Phi) is 5.14. The molecule has 0 aliphatic carbocycles. The lowest BCUT2D eigenvalue weighted by atomic mass is 9.95. The molecule has 0 bridgehead atoms. The van der Waals surface area contributed by atoms with Crippen molar-refractivity contribution in [3.8, 4) is 17.0 Å². The molecule has 0 saturated heterocycles. The molecule has 2 heterocycles. The maximum atomic E-state index is 13.2. The minimum atomic E-state index is -0.185. The quantitative estimate of drug-likeness (QED) is 0.646. The lowest BCUT2D eigenvalue weighted by Crippen LogP contribution is -2.32. The van der Waals surface area contributed by atoms with Crippen molar-refractivity contribution in [2.24, 2.45) is 5.92 Å². The van der Waals surface area contributed by atoms with Crippen LogP contribution in [0.3, 0.4) is 0 Å². The van der Waals surface area contributed by atoms with Crippen molar-refractivity contribution in [3.63, 3.8) is 0 Å². The summed E-state index contributed by atoms with van der Waals surface area (Å²) in [5.41, 5.74) is 5.63. The molecule has 2 aromatic carbocycles. The van der Waals surface area contributed by atoms with Gasteiger partial charge in [0.2, 0.25) is 0 Å². The van der Waals surface area contributed by atoms with E-state index in [4.69, 9.17) is 4.74 Å². The fourth-order valence-corrected chi connectivity index (χ4v) is 4.00. The number of ether oxygens (including phenoxy) is 1. The highest BCUT2D eigenvalue weighted by atomic mass is 16.5. The van der Waals surface area contributed by atoms with Crippen LogP contribution in [-0.2, 0) is 0 Å². The van der Waals surface area contributed by atoms with Gasteiger partial charge in [0.25, 0.3) is 5.91 Å². The first-order chi connectivity index (χ1) is 14.0. The van der Waals surface area contributed by atoms with Crippen molar-refractivity contribution in [2.45, 2.75) is 33.7 Å². The Balaban J connectivity index is 1.86. The second-order valence-electron chi connectivity index (χ2n) is 7.99. The number of nitrogens with one attached hydrogen (secondary N) is 1. The zero-order valence-corrected chi connectivity index (χ0v) is 17.4. The summed E-state index contributed by atoms with van der Waals surface area (Å²) in [6, 6.07) is 16.1. The van der Waals surface area contributed by atoms with Crippen molar-refractivity contribution in [1.82, 2.24) is 15.1 Å². The van der Waals surface area contributed by atoms with Crippen LogP contribution in [0.15, 0.2) is 48.5 Å². The van der Waals surface area contributed by atoms with Gasteiger partial charge in [-0.3, -0.25) is 9.89 Å². The molecule has 150 valence electrons. The average Bonchev–Trinajstić information content (AvgIpc) is 3.22. The largest absolute Gasteiger partial charge is 0.494 e. The Morgan fingerprint density at radius 2 is 1.93 bits per heavy atom. The van der Waals surface area contributed by atoms with Crippen LogP contribution in [0.2, 0.25) is 0 Å². The third-order valence-corrected chi connectivity index (χ3v) is 5.24. The molecule has 5 nitrogen and oxygen atoms in total. The Morgan fingerprint density at radius 3 is 2.62 bits per heavy atom. The average molecular weight is 389 g/mol. The van der Waals surface area contributed by atoms with Gasteiger partial charge in [0, 0.05) is 17.7 Å². The fourth-order valence-electron chi connectivity index (χ4n) is 4.00. The molecule has 29 heavy (non-hydrogen) atoms. The second-order valence-corrected chi connectivity index (χ2v) is 7.99. The van der Waals surface area contributed by atoms with E-state index in [2.05, 4.69) is 61.3 Å². The van der Waals surface area contributed by atoms with Crippen molar-refractivity contribution in [3.05, 3.63) is 70.9 Å². The zero-order chi connectivity index (χ0) is 20.5. The SMILES string of the molecule is CCOc1cccc(C2c3c(-c4ccc(C)cc4)n[nH]c3C(=O)N2CC(C)C)c1. The maximum Gasteiger partial charge on any atom is 0.273 e. The number of aromatic amines is 1. The first-order valence-electron chi connectivity index (χ1n) is 10.2. The normalized spacial score (nSPS) is 15.8. The Bertz CT molecular complexity index is 1020. The molecule has 0 radical (unpaired) electrons. The van der Waals surface area contributed by atoms with Crippen LogP contribution in [0.25, 0.3) is 11.3 Å². The van der Waals surface area contributed by atoms with Crippen LogP contribution < -0.4 is 4.74 Å². The monoisotopic (exact) mass is 389 g/mol. The molecular weight excluding hydrogens is 362 g/mol. The summed E-state index contributed by atoms with van der Waals surface area (Å²) in [7, 11) is 0. The van der Waals surface area contributed by atoms with Crippen LogP contribution in [0.5, 0.6) is 5.75 Å². The second kappa shape index (κ2) is 7.74. The van der Waals surface area contributed by atoms with Gasteiger partial charge >= 0.3 is 0 Å². The summed E-state index contributed by atoms with van der Waals surface area (Å²) >= 11 is 0. The summed E-state index contributed by atoms with van der Waals surface area (Å²) < 4.78 is 5.72. The van der Waals surface area contributed by atoms with E-state index in [9.17, 15) is 4.79 Å². The van der Waals surface area contributed by atoms with Crippen molar-refractivity contribution < 1.29 is 9.53 Å². The molecular formula is C24H27N3O2. The molecule has 1 unspecified atom stereocenters. The molecule has 1 aliphatic heterocycles. The predicted octanol–water partition coefficient (Wildman–Crippen LogP) is 4.99. The molecule has 5 heteroatoms. The number of hydrogen-bond donors (Lipinski definition) is 1. The third kappa shape index (κ3) is 3.53. The molecule has 1 amide bonds. The number of aryl methyl sites for hydroxylation is 1. The maximum absolute atomic E-state index is 13.2. The minimum Gasteiger partial charge on any atom is -0.494 e. The Morgan fingerprint density at radius 1 is 1.17 bits per heavy atom. The van der Waals surface area contributed by atoms with Crippen molar-refractivity contribution >= 4 is 5.91 Å². The van der Waals surface area contributed by atoms with Gasteiger partial charge in [-0.25, -0.2) is 0 Å². The molecule has 1 atom stereocenters. The first kappa shape index (κ1) is 19.2. The Hall–Kier alpha value is -3.08. The smallest absolute Gasteiger partial charge is 0.273 e. The molecule has 0 spiro atoms. The number of benzene rings is 2. The van der Waals surface area contributed by atoms with Crippen LogP contribution >= 0.6 is 0 Å². The number of H-pyrrole nitrogens is 1. The summed E-state index contributed by atoms with van der Waals surface area (Å²) in [6.07, 6.45) is 0. The van der Waals surface area contributed by atoms with Gasteiger partial charge in [0.15, 0.2) is 0 Å². The van der Waals surface area contributed by atoms with Crippen LogP contribution in [0.1, 0.15) is 54.0 Å². The number of aromatic nitrogens is 2. The van der Waals surface area contributed by atoms with Gasteiger partial charge in [-0.2, -0.15) is 5.10 Å². The summed E-state index contributed by atoms with van der Waals surface area (Å²) in [5.74, 6) is 1.18.